The van der Waals surface area contributed by atoms with Gasteiger partial charge in [0.15, 0.2) is 0 Å². The van der Waals surface area contributed by atoms with Crippen molar-refractivity contribution >= 4 is 60.4 Å². The van der Waals surface area contributed by atoms with E-state index in [4.69, 9.17) is 0 Å². The average Bonchev–Trinajstić information content (AvgIpc) is 3.19. The molecule has 6 heteroatoms. The molecule has 1 aliphatic carbocycles. The number of rotatable bonds is 4. The van der Waals surface area contributed by atoms with Crippen LogP contribution in [0, 0.1) is 5.92 Å². The van der Waals surface area contributed by atoms with Crippen LogP contribution >= 0.6 is 54.5 Å². The van der Waals surface area contributed by atoms with Gasteiger partial charge in [0.05, 0.1) is 14.7 Å². The molecule has 1 N–H and O–H groups in total. The second kappa shape index (κ2) is 6.94. The van der Waals surface area contributed by atoms with Crippen molar-refractivity contribution in [1.82, 2.24) is 5.32 Å². The standard InChI is InChI=1S/C15H15Br2NOS2/c16-10-8-12(21-14(10)17)15(19)18-13(9-4-1-2-5-9)11-6-3-7-20-11/h3,6-9,13H,1-2,4-5H2,(H,18,19). The zero-order chi connectivity index (χ0) is 14.8. The van der Waals surface area contributed by atoms with Gasteiger partial charge in [-0.3, -0.25) is 4.79 Å². The monoisotopic (exact) mass is 447 g/mol. The summed E-state index contributed by atoms with van der Waals surface area (Å²) in [6, 6.07) is 6.23. The zero-order valence-corrected chi connectivity index (χ0v) is 16.1. The Morgan fingerprint density at radius 1 is 1.33 bits per heavy atom. The van der Waals surface area contributed by atoms with Gasteiger partial charge in [-0.1, -0.05) is 18.9 Å². The molecule has 1 saturated carbocycles. The molecule has 1 aliphatic rings. The smallest absolute Gasteiger partial charge is 0.261 e. The lowest BCUT2D eigenvalue weighted by molar-refractivity contribution is 0.0927. The first-order valence-electron chi connectivity index (χ1n) is 6.94. The van der Waals surface area contributed by atoms with Gasteiger partial charge in [-0.15, -0.1) is 22.7 Å². The van der Waals surface area contributed by atoms with Gasteiger partial charge in [0.2, 0.25) is 0 Å². The quantitative estimate of drug-likeness (QED) is 0.610. The maximum absolute atomic E-state index is 12.5. The Balaban J connectivity index is 1.79. The highest BCUT2D eigenvalue weighted by atomic mass is 79.9. The predicted molar refractivity (Wildman–Crippen MR) is 96.2 cm³/mol. The van der Waals surface area contributed by atoms with Crippen molar-refractivity contribution in [1.29, 1.82) is 0 Å². The number of halogens is 2. The molecule has 0 saturated heterocycles. The van der Waals surface area contributed by atoms with Crippen molar-refractivity contribution in [2.75, 3.05) is 0 Å². The van der Waals surface area contributed by atoms with Gasteiger partial charge >= 0.3 is 0 Å². The molecule has 0 aromatic carbocycles. The zero-order valence-electron chi connectivity index (χ0n) is 11.3. The molecule has 0 bridgehead atoms. The van der Waals surface area contributed by atoms with Crippen LogP contribution in [0.1, 0.15) is 46.3 Å². The van der Waals surface area contributed by atoms with E-state index in [1.54, 1.807) is 11.3 Å². The summed E-state index contributed by atoms with van der Waals surface area (Å²) in [6.45, 7) is 0. The molecule has 112 valence electrons. The largest absolute Gasteiger partial charge is 0.343 e. The Morgan fingerprint density at radius 3 is 2.67 bits per heavy atom. The number of thiophene rings is 2. The third-order valence-corrected chi connectivity index (χ3v) is 8.09. The third kappa shape index (κ3) is 3.60. The number of nitrogens with one attached hydrogen (secondary N) is 1. The third-order valence-electron chi connectivity index (χ3n) is 3.88. The molecular formula is C15H15Br2NOS2. The van der Waals surface area contributed by atoms with Crippen LogP contribution in [0.25, 0.3) is 0 Å². The van der Waals surface area contributed by atoms with E-state index in [1.807, 2.05) is 6.07 Å². The molecule has 1 fully saturated rings. The van der Waals surface area contributed by atoms with Gasteiger partial charge in [-0.2, -0.15) is 0 Å². The molecule has 2 aromatic heterocycles. The highest BCUT2D eigenvalue weighted by Gasteiger charge is 2.29. The van der Waals surface area contributed by atoms with E-state index >= 15 is 0 Å². The van der Waals surface area contributed by atoms with E-state index in [9.17, 15) is 4.79 Å². The molecule has 21 heavy (non-hydrogen) atoms. The van der Waals surface area contributed by atoms with E-state index in [-0.39, 0.29) is 11.9 Å². The van der Waals surface area contributed by atoms with Crippen molar-refractivity contribution in [2.24, 2.45) is 5.92 Å². The second-order valence-corrected chi connectivity index (χ2v) is 9.45. The molecule has 1 atom stereocenters. The van der Waals surface area contributed by atoms with Crippen molar-refractivity contribution in [3.05, 3.63) is 41.6 Å². The summed E-state index contributed by atoms with van der Waals surface area (Å²) in [4.78, 5) is 14.5. The molecule has 0 radical (unpaired) electrons. The molecule has 1 amide bonds. The van der Waals surface area contributed by atoms with Crippen LogP contribution in [0.2, 0.25) is 0 Å². The van der Waals surface area contributed by atoms with E-state index in [0.717, 1.165) is 13.1 Å². The topological polar surface area (TPSA) is 29.1 Å². The number of hydrogen-bond acceptors (Lipinski definition) is 3. The maximum Gasteiger partial charge on any atom is 0.261 e. The normalized spacial score (nSPS) is 17.0. The number of carbonyl (C=O) groups is 1. The Hall–Kier alpha value is -0.170. The summed E-state index contributed by atoms with van der Waals surface area (Å²) in [5.74, 6) is 0.594. The molecule has 2 nitrogen and oxygen atoms in total. The number of hydrogen-bond donors (Lipinski definition) is 1. The fraction of sp³-hybridized carbons (Fsp3) is 0.400. The second-order valence-electron chi connectivity index (χ2n) is 5.24. The van der Waals surface area contributed by atoms with Gasteiger partial charge in [0.25, 0.3) is 5.91 Å². The minimum absolute atomic E-state index is 0.0247. The summed E-state index contributed by atoms with van der Waals surface area (Å²) >= 11 is 10.1. The van der Waals surface area contributed by atoms with Crippen molar-refractivity contribution in [2.45, 2.75) is 31.7 Å². The summed E-state index contributed by atoms with van der Waals surface area (Å²) in [7, 11) is 0. The molecule has 2 aromatic rings. The van der Waals surface area contributed by atoms with Crippen LogP contribution in [0.4, 0.5) is 0 Å². The maximum atomic E-state index is 12.5. The van der Waals surface area contributed by atoms with Crippen LogP contribution in [0.5, 0.6) is 0 Å². The number of amides is 1. The first kappa shape index (κ1) is 15.7. The fourth-order valence-electron chi connectivity index (χ4n) is 2.85. The number of carbonyl (C=O) groups excluding carboxylic acids is 1. The van der Waals surface area contributed by atoms with Crippen LogP contribution in [-0.2, 0) is 0 Å². The average molecular weight is 449 g/mol. The van der Waals surface area contributed by atoms with Crippen LogP contribution in [-0.4, -0.2) is 5.91 Å². The highest BCUT2D eigenvalue weighted by molar-refractivity contribution is 9.13. The van der Waals surface area contributed by atoms with Crippen LogP contribution in [0.15, 0.2) is 31.8 Å². The van der Waals surface area contributed by atoms with Crippen LogP contribution < -0.4 is 5.32 Å². The molecule has 0 aliphatic heterocycles. The Labute approximate surface area is 149 Å². The Morgan fingerprint density at radius 2 is 2.10 bits per heavy atom. The van der Waals surface area contributed by atoms with Crippen molar-refractivity contribution in [3.63, 3.8) is 0 Å². The van der Waals surface area contributed by atoms with Crippen molar-refractivity contribution in [3.8, 4) is 0 Å². The molecule has 3 rings (SSSR count). The molecular weight excluding hydrogens is 434 g/mol. The van der Waals surface area contributed by atoms with E-state index in [2.05, 4.69) is 54.7 Å². The predicted octanol–water partition coefficient (Wildman–Crippen LogP) is 6.00. The Bertz CT molecular complexity index is 598. The lowest BCUT2D eigenvalue weighted by Crippen LogP contribution is -2.31. The highest BCUT2D eigenvalue weighted by Crippen LogP contribution is 2.38. The van der Waals surface area contributed by atoms with Crippen molar-refractivity contribution < 1.29 is 4.79 Å². The van der Waals surface area contributed by atoms with Gasteiger partial charge in [-0.05, 0) is 68.1 Å². The Kier molecular flexibility index (Phi) is 5.19. The fourth-order valence-corrected chi connectivity index (χ4v) is 5.66. The first-order chi connectivity index (χ1) is 10.1. The molecule has 2 heterocycles. The van der Waals surface area contributed by atoms with Crippen LogP contribution in [0.3, 0.4) is 0 Å². The SMILES string of the molecule is O=C(NC(c1cccs1)C1CCCC1)c1cc(Br)c(Br)s1. The minimum atomic E-state index is 0.0247. The van der Waals surface area contributed by atoms with Gasteiger partial charge in [-0.25, -0.2) is 0 Å². The summed E-state index contributed by atoms with van der Waals surface area (Å²) < 4.78 is 1.90. The lowest BCUT2D eigenvalue weighted by Gasteiger charge is -2.23. The minimum Gasteiger partial charge on any atom is -0.343 e. The molecule has 1 unspecified atom stereocenters. The van der Waals surface area contributed by atoms with Gasteiger partial charge in [0.1, 0.15) is 0 Å². The first-order valence-corrected chi connectivity index (χ1v) is 10.2. The summed E-state index contributed by atoms with van der Waals surface area (Å²) in [5.41, 5.74) is 0. The van der Waals surface area contributed by atoms with Gasteiger partial charge in [0, 0.05) is 9.35 Å². The van der Waals surface area contributed by atoms with E-state index in [1.165, 1.54) is 41.9 Å². The van der Waals surface area contributed by atoms with E-state index in [0.29, 0.717) is 5.92 Å². The lowest BCUT2D eigenvalue weighted by atomic mass is 9.96. The van der Waals surface area contributed by atoms with E-state index < -0.39 is 0 Å². The summed E-state index contributed by atoms with van der Waals surface area (Å²) in [5, 5.41) is 5.34. The molecule has 0 spiro atoms. The van der Waals surface area contributed by atoms with Gasteiger partial charge < -0.3 is 5.32 Å². The summed E-state index contributed by atoms with van der Waals surface area (Å²) in [6.07, 6.45) is 4.97.